The zero-order chi connectivity index (χ0) is 43.0. The maximum absolute atomic E-state index is 13.2. The normalized spacial score (nSPS) is 12.2. The van der Waals surface area contributed by atoms with E-state index in [1.165, 1.54) is 62.4 Å². The van der Waals surface area contributed by atoms with Crippen LogP contribution in [0.4, 0.5) is 31.5 Å². The van der Waals surface area contributed by atoms with Crippen LogP contribution in [0.25, 0.3) is 9.69 Å². The van der Waals surface area contributed by atoms with Crippen LogP contribution < -0.4 is 32.8 Å². The van der Waals surface area contributed by atoms with E-state index in [9.17, 15) is 38.2 Å². The van der Waals surface area contributed by atoms with E-state index in [0.717, 1.165) is 12.1 Å². The Kier molecular flexibility index (Phi) is 18.3. The van der Waals surface area contributed by atoms with Gasteiger partial charge in [-0.25, -0.2) is 29.1 Å². The lowest BCUT2D eigenvalue weighted by atomic mass is 10.1. The number of benzene rings is 4. The number of aliphatic carboxylic acids is 1. The third-order valence-corrected chi connectivity index (χ3v) is 8.67. The van der Waals surface area contributed by atoms with Crippen LogP contribution >= 0.6 is 23.2 Å². The Morgan fingerprint density at radius 2 is 1.12 bits per heavy atom. The van der Waals surface area contributed by atoms with E-state index in [1.54, 1.807) is 26.0 Å². The number of carbonyl (C=O) groups is 4. The molecule has 0 aliphatic heterocycles. The van der Waals surface area contributed by atoms with Crippen molar-refractivity contribution in [2.45, 2.75) is 52.0 Å². The lowest BCUT2D eigenvalue weighted by molar-refractivity contribution is -0.140. The van der Waals surface area contributed by atoms with Crippen molar-refractivity contribution in [3.05, 3.63) is 140 Å². The van der Waals surface area contributed by atoms with Gasteiger partial charge in [-0.1, -0.05) is 47.5 Å². The highest BCUT2D eigenvalue weighted by atomic mass is 35.5. The molecule has 300 valence electrons. The molecular weight excluding hydrogens is 789 g/mol. The average molecular weight is 828 g/mol. The van der Waals surface area contributed by atoms with E-state index in [1.807, 2.05) is 5.43 Å². The van der Waals surface area contributed by atoms with Crippen molar-refractivity contribution in [1.82, 2.24) is 16.3 Å². The quantitative estimate of drug-likeness (QED) is 0.0402. The molecule has 4 rings (SSSR count). The van der Waals surface area contributed by atoms with Crippen molar-refractivity contribution in [1.29, 1.82) is 0 Å². The number of carbonyl (C=O) groups excluding carboxylic acids is 3. The van der Waals surface area contributed by atoms with E-state index in [2.05, 4.69) is 31.2 Å². The number of carboxylic acids is 1. The van der Waals surface area contributed by atoms with Crippen molar-refractivity contribution in [3.8, 4) is 0 Å². The van der Waals surface area contributed by atoms with Crippen LogP contribution in [0.15, 0.2) is 72.8 Å². The van der Waals surface area contributed by atoms with E-state index in [-0.39, 0.29) is 26.9 Å². The van der Waals surface area contributed by atoms with Gasteiger partial charge in [-0.2, -0.15) is 0 Å². The smallest absolute Gasteiger partial charge is 0.328 e. The van der Waals surface area contributed by atoms with Gasteiger partial charge in [0, 0.05) is 22.5 Å². The van der Waals surface area contributed by atoms with E-state index < -0.39 is 59.6 Å². The van der Waals surface area contributed by atoms with E-state index >= 15 is 0 Å². The number of nitrogens with two attached hydrogens (primary N) is 1. The Hall–Kier alpha value is -6.34. The second kappa shape index (κ2) is 22.3. The highest BCUT2D eigenvalue weighted by Crippen LogP contribution is 2.34. The molecule has 0 saturated carbocycles. The van der Waals surface area contributed by atoms with Crippen LogP contribution in [0.1, 0.15) is 45.7 Å². The fourth-order valence-corrected chi connectivity index (χ4v) is 4.98. The van der Waals surface area contributed by atoms with Gasteiger partial charge < -0.3 is 26.0 Å². The molecule has 0 spiro atoms. The predicted molar refractivity (Wildman–Crippen MR) is 211 cm³/mol. The number of nitrogens with one attached hydrogen (secondary N) is 5. The maximum Gasteiger partial charge on any atom is 0.328 e. The summed E-state index contributed by atoms with van der Waals surface area (Å²) >= 11 is 12.1. The zero-order valence-corrected chi connectivity index (χ0v) is 32.2. The van der Waals surface area contributed by atoms with Gasteiger partial charge in [-0.15, -0.1) is 0 Å². The summed E-state index contributed by atoms with van der Waals surface area (Å²) in [4.78, 5) is 52.7. The standard InChI is InChI=1S/C19H18ClFN4O3.C12H13ClN2O3.C7H7FN2O/c1-10-14(7-8-15(22-3)16(10)20)23-17(11(2)26)19(28)25-24-18(27)12-5-4-6-13(21)9-12;1-6-8(4-5-9(14-3)10(6)13)15-11(7(2)16)12(17)18;8-6-3-1-2-5(4-6)7(11)10-9/h4-9,11,17,23,26H,1-2H3,(H,24,27)(H,25,28);4-5,7,11,15-16H,1-2H3,(H,17,18);1-4H,9H2,(H,10,11)/t11?,17-;7?,11-;/m11./s1. The number of halogens is 4. The summed E-state index contributed by atoms with van der Waals surface area (Å²) in [6, 6.07) is 14.2. The van der Waals surface area contributed by atoms with Crippen molar-refractivity contribution in [2.75, 3.05) is 10.6 Å². The number of nitrogen functional groups attached to an aromatic ring is 1. The van der Waals surface area contributed by atoms with Gasteiger partial charge in [0.1, 0.15) is 17.7 Å². The minimum Gasteiger partial charge on any atom is -0.480 e. The molecule has 0 aliphatic rings. The number of amides is 3. The largest absolute Gasteiger partial charge is 0.480 e. The first-order valence-electron chi connectivity index (χ1n) is 16.4. The highest BCUT2D eigenvalue weighted by molar-refractivity contribution is 6.35. The van der Waals surface area contributed by atoms with Crippen LogP contribution in [0.3, 0.4) is 0 Å². The monoisotopic (exact) mass is 826 g/mol. The molecule has 0 bridgehead atoms. The SMILES string of the molecule is NNC(=O)c1cccc(F)c1.[C-]#[N+]c1ccc(N[C@@H](C(=O)NNC(=O)c2cccc(F)c2)C(C)O)c(C)c1Cl.[C-]#[N+]c1ccc(N[C@@H](C(=O)O)C(C)O)c(C)c1Cl. The molecule has 0 radical (unpaired) electrons. The second-order valence-electron chi connectivity index (χ2n) is 11.9. The number of rotatable bonds is 10. The fraction of sp³-hybridized carbons (Fsp3) is 0.211. The number of nitrogens with zero attached hydrogens (tertiary/aromatic N) is 2. The minimum atomic E-state index is -1.16. The van der Waals surface area contributed by atoms with Crippen molar-refractivity contribution >= 4 is 69.6 Å². The fourth-order valence-electron chi connectivity index (χ4n) is 4.57. The van der Waals surface area contributed by atoms with Gasteiger partial charge in [-0.3, -0.25) is 30.7 Å². The summed E-state index contributed by atoms with van der Waals surface area (Å²) in [7, 11) is 0. The summed E-state index contributed by atoms with van der Waals surface area (Å²) in [6.45, 7) is 20.1. The number of hydrazine groups is 2. The minimum absolute atomic E-state index is 0.0271. The summed E-state index contributed by atoms with van der Waals surface area (Å²) in [5, 5.41) is 34.4. The van der Waals surface area contributed by atoms with Crippen LogP contribution in [0.5, 0.6) is 0 Å². The van der Waals surface area contributed by atoms with Gasteiger partial charge in [0.25, 0.3) is 17.7 Å². The van der Waals surface area contributed by atoms with Crippen molar-refractivity contribution < 1.29 is 43.3 Å². The van der Waals surface area contributed by atoms with Gasteiger partial charge in [-0.05, 0) is 87.4 Å². The average Bonchev–Trinajstić information content (AvgIpc) is 3.17. The molecule has 0 aromatic heterocycles. The van der Waals surface area contributed by atoms with Crippen molar-refractivity contribution in [3.63, 3.8) is 0 Å². The Morgan fingerprint density at radius 1 is 0.702 bits per heavy atom. The predicted octanol–water partition coefficient (Wildman–Crippen LogP) is 5.84. The number of aliphatic hydroxyl groups excluding tert-OH is 2. The van der Waals surface area contributed by atoms with Crippen LogP contribution in [0, 0.1) is 38.6 Å². The molecule has 4 aromatic rings. The Balaban J connectivity index is 0.000000329. The molecule has 4 aromatic carbocycles. The van der Waals surface area contributed by atoms with E-state index in [0.29, 0.717) is 28.2 Å². The summed E-state index contributed by atoms with van der Waals surface area (Å²) in [5.74, 6) is 0.712. The topological polar surface area (TPSA) is 224 Å². The van der Waals surface area contributed by atoms with E-state index in [4.69, 9.17) is 47.3 Å². The van der Waals surface area contributed by atoms with Gasteiger partial charge in [0.05, 0.1) is 35.4 Å². The van der Waals surface area contributed by atoms with Crippen LogP contribution in [0.2, 0.25) is 10.0 Å². The van der Waals surface area contributed by atoms with Crippen LogP contribution in [-0.4, -0.2) is 63.3 Å². The zero-order valence-electron chi connectivity index (χ0n) is 30.7. The number of carboxylic acid groups (broad SMARTS) is 1. The molecular formula is C38H38Cl2F2N8O7. The molecule has 0 aliphatic carbocycles. The molecule has 19 heteroatoms. The number of anilines is 2. The first-order valence-corrected chi connectivity index (χ1v) is 17.2. The lowest BCUT2D eigenvalue weighted by Crippen LogP contribution is -2.52. The molecule has 57 heavy (non-hydrogen) atoms. The molecule has 0 heterocycles. The summed E-state index contributed by atoms with van der Waals surface area (Å²) in [6.07, 6.45) is -2.17. The second-order valence-corrected chi connectivity index (χ2v) is 12.6. The molecule has 10 N–H and O–H groups in total. The molecule has 0 fully saturated rings. The Bertz CT molecular complexity index is 2180. The number of hydrogen-bond acceptors (Lipinski definition) is 9. The first kappa shape index (κ1) is 46.8. The number of aliphatic hydroxyl groups is 2. The Labute approximate surface area is 336 Å². The summed E-state index contributed by atoms with van der Waals surface area (Å²) < 4.78 is 25.6. The first-order chi connectivity index (χ1) is 26.9. The lowest BCUT2D eigenvalue weighted by Gasteiger charge is -2.23. The van der Waals surface area contributed by atoms with Gasteiger partial charge in [0.2, 0.25) is 11.4 Å². The summed E-state index contributed by atoms with van der Waals surface area (Å²) in [5.41, 5.74) is 9.15. The Morgan fingerprint density at radius 3 is 1.49 bits per heavy atom. The molecule has 0 saturated heterocycles. The van der Waals surface area contributed by atoms with Gasteiger partial charge in [0.15, 0.2) is 6.04 Å². The molecule has 2 unspecified atom stereocenters. The van der Waals surface area contributed by atoms with Crippen LogP contribution in [-0.2, 0) is 9.59 Å². The molecule has 4 atom stereocenters. The third kappa shape index (κ3) is 13.7. The molecule has 15 nitrogen and oxygen atoms in total. The van der Waals surface area contributed by atoms with Crippen molar-refractivity contribution in [2.24, 2.45) is 5.84 Å². The van der Waals surface area contributed by atoms with Gasteiger partial charge >= 0.3 is 5.97 Å². The number of hydrogen-bond donors (Lipinski definition) is 9. The highest BCUT2D eigenvalue weighted by Gasteiger charge is 2.26. The maximum atomic E-state index is 13.2. The molecule has 3 amide bonds. The third-order valence-electron chi connectivity index (χ3n) is 7.71.